The number of carbonyl (C=O) groups is 1. The summed E-state index contributed by atoms with van der Waals surface area (Å²) in [5.41, 5.74) is 0.762. The molecule has 26 heavy (non-hydrogen) atoms. The van der Waals surface area contributed by atoms with Gasteiger partial charge in [0.15, 0.2) is 5.78 Å². The zero-order chi connectivity index (χ0) is 18.5. The van der Waals surface area contributed by atoms with Crippen molar-refractivity contribution in [3.63, 3.8) is 0 Å². The first-order valence-corrected chi connectivity index (χ1v) is 10.9. The molecule has 2 unspecified atom stereocenters. The van der Waals surface area contributed by atoms with E-state index < -0.39 is 5.60 Å². The number of ether oxygens (including phenoxy) is 1. The van der Waals surface area contributed by atoms with Crippen LogP contribution in [-0.2, 0) is 9.53 Å². The Morgan fingerprint density at radius 2 is 2.08 bits per heavy atom. The average molecular weight is 359 g/mol. The van der Waals surface area contributed by atoms with E-state index in [1.54, 1.807) is 0 Å². The minimum Gasteiger partial charge on any atom is -0.389 e. The lowest BCUT2D eigenvalue weighted by Gasteiger charge is -2.59. The quantitative estimate of drug-likeness (QED) is 0.743. The van der Waals surface area contributed by atoms with Crippen molar-refractivity contribution in [1.29, 1.82) is 0 Å². The van der Waals surface area contributed by atoms with Crippen LogP contribution in [0.15, 0.2) is 11.6 Å². The molecule has 1 aliphatic heterocycles. The van der Waals surface area contributed by atoms with E-state index in [1.165, 1.54) is 5.57 Å². The summed E-state index contributed by atoms with van der Waals surface area (Å²) in [5.74, 6) is 1.89. The number of hydrogen-bond acceptors (Lipinski definition) is 3. The lowest BCUT2D eigenvalue weighted by atomic mass is 9.44. The minimum atomic E-state index is -0.524. The van der Waals surface area contributed by atoms with Gasteiger partial charge >= 0.3 is 0 Å². The molecule has 144 valence electrons. The normalized spacial score (nSPS) is 57.6. The second-order valence-corrected chi connectivity index (χ2v) is 10.6. The molecule has 0 aromatic carbocycles. The van der Waals surface area contributed by atoms with Gasteiger partial charge in [-0.2, -0.15) is 0 Å². The van der Waals surface area contributed by atoms with Crippen LogP contribution in [-0.4, -0.2) is 28.2 Å². The first-order chi connectivity index (χ1) is 12.2. The molecule has 8 atom stereocenters. The Kier molecular flexibility index (Phi) is 3.37. The van der Waals surface area contributed by atoms with Crippen LogP contribution in [0.3, 0.4) is 0 Å². The van der Waals surface area contributed by atoms with Gasteiger partial charge in [-0.25, -0.2) is 0 Å². The maximum absolute atomic E-state index is 12.1. The molecule has 0 amide bonds. The lowest BCUT2D eigenvalue weighted by Crippen LogP contribution is -2.61. The van der Waals surface area contributed by atoms with E-state index >= 15 is 0 Å². The average Bonchev–Trinajstić information content (AvgIpc) is 3.23. The molecule has 1 spiro atoms. The molecular formula is C23H34O3. The number of fused-ring (bicyclic) bond motifs is 3. The van der Waals surface area contributed by atoms with Gasteiger partial charge in [-0.15, -0.1) is 0 Å². The Bertz CT molecular complexity index is 698. The molecule has 3 heteroatoms. The number of rotatable bonds is 2. The first kappa shape index (κ1) is 17.4. The molecule has 5 rings (SSSR count). The number of ketones is 1. The molecule has 1 heterocycles. The number of aliphatic hydroxyl groups is 1. The maximum atomic E-state index is 12.1. The number of carbonyl (C=O) groups excluding carboxylic acids is 1. The molecule has 0 radical (unpaired) electrons. The van der Waals surface area contributed by atoms with E-state index in [4.69, 9.17) is 4.74 Å². The predicted octanol–water partition coefficient (Wildman–Crippen LogP) is 4.43. The molecule has 1 N–H and O–H groups in total. The molecule has 1 saturated heterocycles. The van der Waals surface area contributed by atoms with Crippen LogP contribution in [0.2, 0.25) is 0 Å². The second kappa shape index (κ2) is 5.03. The van der Waals surface area contributed by atoms with E-state index in [0.29, 0.717) is 30.0 Å². The third-order valence-corrected chi connectivity index (χ3v) is 9.64. The molecular weight excluding hydrogens is 324 g/mol. The lowest BCUT2D eigenvalue weighted by molar-refractivity contribution is -0.127. The summed E-state index contributed by atoms with van der Waals surface area (Å²) in [7, 11) is 0. The second-order valence-electron chi connectivity index (χ2n) is 10.6. The Morgan fingerprint density at radius 1 is 1.31 bits per heavy atom. The Morgan fingerprint density at radius 3 is 2.81 bits per heavy atom. The smallest absolute Gasteiger partial charge is 0.155 e. The summed E-state index contributed by atoms with van der Waals surface area (Å²) in [4.78, 5) is 12.1. The Balaban J connectivity index is 1.59. The highest BCUT2D eigenvalue weighted by Crippen LogP contribution is 2.77. The molecule has 4 aliphatic carbocycles. The van der Waals surface area contributed by atoms with E-state index in [-0.39, 0.29) is 22.5 Å². The maximum Gasteiger partial charge on any atom is 0.155 e. The number of epoxide rings is 1. The van der Waals surface area contributed by atoms with Crippen molar-refractivity contribution in [1.82, 2.24) is 0 Å². The fourth-order valence-electron chi connectivity index (χ4n) is 8.29. The fraction of sp³-hybridized carbons (Fsp3) is 0.870. The third kappa shape index (κ3) is 1.76. The van der Waals surface area contributed by atoms with Crippen LogP contribution in [0.25, 0.3) is 0 Å². The summed E-state index contributed by atoms with van der Waals surface area (Å²) < 4.78 is 6.66. The Labute approximate surface area is 157 Å². The minimum absolute atomic E-state index is 0.0192. The monoisotopic (exact) mass is 358 g/mol. The van der Waals surface area contributed by atoms with Gasteiger partial charge in [0, 0.05) is 17.3 Å². The third-order valence-electron chi connectivity index (χ3n) is 9.64. The van der Waals surface area contributed by atoms with Crippen molar-refractivity contribution in [2.75, 3.05) is 0 Å². The molecule has 3 nitrogen and oxygen atoms in total. The van der Waals surface area contributed by atoms with Crippen molar-refractivity contribution in [3.8, 4) is 0 Å². The van der Waals surface area contributed by atoms with Crippen LogP contribution in [0.5, 0.6) is 0 Å². The van der Waals surface area contributed by atoms with Crippen LogP contribution in [0, 0.1) is 28.6 Å². The van der Waals surface area contributed by atoms with E-state index in [9.17, 15) is 9.90 Å². The molecule has 5 aliphatic rings. The predicted molar refractivity (Wildman–Crippen MR) is 101 cm³/mol. The zero-order valence-corrected chi connectivity index (χ0v) is 16.8. The van der Waals surface area contributed by atoms with Crippen LogP contribution in [0.4, 0.5) is 0 Å². The van der Waals surface area contributed by atoms with Crippen molar-refractivity contribution in [2.45, 2.75) is 96.4 Å². The van der Waals surface area contributed by atoms with Gasteiger partial charge < -0.3 is 9.84 Å². The van der Waals surface area contributed by atoms with Crippen molar-refractivity contribution < 1.29 is 14.6 Å². The van der Waals surface area contributed by atoms with E-state index in [2.05, 4.69) is 27.7 Å². The molecule has 0 bridgehead atoms. The van der Waals surface area contributed by atoms with Crippen molar-refractivity contribution in [2.24, 2.45) is 28.6 Å². The summed E-state index contributed by atoms with van der Waals surface area (Å²) in [5, 5.41) is 11.6. The highest BCUT2D eigenvalue weighted by Gasteiger charge is 2.81. The van der Waals surface area contributed by atoms with Gasteiger partial charge in [0.1, 0.15) is 5.60 Å². The van der Waals surface area contributed by atoms with Crippen LogP contribution < -0.4 is 0 Å². The van der Waals surface area contributed by atoms with Gasteiger partial charge in [0.25, 0.3) is 0 Å². The van der Waals surface area contributed by atoms with Gasteiger partial charge in [0.05, 0.1) is 11.7 Å². The molecule has 0 aromatic rings. The van der Waals surface area contributed by atoms with E-state index in [0.717, 1.165) is 44.9 Å². The summed E-state index contributed by atoms with van der Waals surface area (Å²) in [6.45, 7) is 9.29. The first-order valence-electron chi connectivity index (χ1n) is 10.9. The molecule has 0 aromatic heterocycles. The largest absolute Gasteiger partial charge is 0.389 e. The topological polar surface area (TPSA) is 49.8 Å². The van der Waals surface area contributed by atoms with Crippen LogP contribution in [0.1, 0.15) is 79.1 Å². The SMILES string of the molecule is CCC[C@]1(O)CCC2C3[C@H](C)CC4=CC(=O)CC[C@]4(C)[C@]34O[C@H]4C[C@@]21C. The van der Waals surface area contributed by atoms with Crippen LogP contribution >= 0.6 is 0 Å². The standard InChI is InChI=1S/C23H34O3/c1-5-8-22(25)10-7-17-19-14(2)11-15-12-16(24)6-9-20(15,3)23(19)18(26-23)13-21(17,22)4/h12,14,17-19,25H,5-11,13H2,1-4H3/t14-,17?,18+,19?,20+,21+,22+,23-/m1/s1. The summed E-state index contributed by atoms with van der Waals surface area (Å²) in [6, 6.07) is 0. The van der Waals surface area contributed by atoms with Crippen molar-refractivity contribution >= 4 is 5.78 Å². The van der Waals surface area contributed by atoms with Gasteiger partial charge in [-0.3, -0.25) is 4.79 Å². The fourth-order valence-corrected chi connectivity index (χ4v) is 8.29. The highest BCUT2D eigenvalue weighted by atomic mass is 16.6. The number of hydrogen-bond donors (Lipinski definition) is 1. The molecule has 4 fully saturated rings. The Hall–Kier alpha value is -0.670. The summed E-state index contributed by atoms with van der Waals surface area (Å²) >= 11 is 0. The zero-order valence-electron chi connectivity index (χ0n) is 16.8. The molecule has 3 saturated carbocycles. The summed E-state index contributed by atoms with van der Waals surface area (Å²) in [6.07, 6.45) is 9.90. The van der Waals surface area contributed by atoms with Gasteiger partial charge in [-0.1, -0.05) is 39.7 Å². The van der Waals surface area contributed by atoms with Gasteiger partial charge in [-0.05, 0) is 62.4 Å². The van der Waals surface area contributed by atoms with E-state index in [1.807, 2.05) is 6.08 Å². The van der Waals surface area contributed by atoms with Crippen molar-refractivity contribution in [3.05, 3.63) is 11.6 Å². The van der Waals surface area contributed by atoms with Gasteiger partial charge in [0.2, 0.25) is 0 Å². The highest BCUT2D eigenvalue weighted by molar-refractivity contribution is 5.91.